The van der Waals surface area contributed by atoms with Crippen LogP contribution < -0.4 is 5.32 Å². The minimum atomic E-state index is -0.358. The summed E-state index contributed by atoms with van der Waals surface area (Å²) in [5.41, 5.74) is 1.64. The van der Waals surface area contributed by atoms with Crippen LogP contribution in [0.2, 0.25) is 0 Å². The van der Waals surface area contributed by atoms with E-state index in [-0.39, 0.29) is 5.97 Å². The number of pyridine rings is 1. The minimum absolute atomic E-state index is 0.358. The molecule has 6 nitrogen and oxygen atoms in total. The van der Waals surface area contributed by atoms with Gasteiger partial charge in [0, 0.05) is 6.20 Å². The summed E-state index contributed by atoms with van der Waals surface area (Å²) < 4.78 is 4.80. The molecule has 0 aliphatic rings. The Bertz CT molecular complexity index is 801. The molecule has 0 aliphatic carbocycles. The number of fused-ring (bicyclic) bond motifs is 1. The Labute approximate surface area is 124 Å². The lowest BCUT2D eigenvalue weighted by Gasteiger charge is -2.06. The van der Waals surface area contributed by atoms with Crippen LogP contribution in [0.1, 0.15) is 15.2 Å². The molecule has 3 aromatic heterocycles. The minimum Gasteiger partial charge on any atom is -0.465 e. The fraction of sp³-hybridized carbons (Fsp3) is 0.143. The van der Waals surface area contributed by atoms with E-state index in [4.69, 9.17) is 4.74 Å². The lowest BCUT2D eigenvalue weighted by molar-refractivity contribution is 0.0605. The SMILES string of the molecule is COC(=O)c1sc2ncnc(Nc3cccnc3)c2c1C. The van der Waals surface area contributed by atoms with Gasteiger partial charge in [-0.05, 0) is 24.6 Å². The van der Waals surface area contributed by atoms with Gasteiger partial charge in [-0.1, -0.05) is 0 Å². The lowest BCUT2D eigenvalue weighted by atomic mass is 10.2. The quantitative estimate of drug-likeness (QED) is 0.749. The number of rotatable bonds is 3. The molecule has 3 heterocycles. The van der Waals surface area contributed by atoms with Crippen LogP contribution in [0.25, 0.3) is 10.2 Å². The number of methoxy groups -OCH3 is 1. The van der Waals surface area contributed by atoms with Gasteiger partial charge in [-0.25, -0.2) is 14.8 Å². The third-order valence-electron chi connectivity index (χ3n) is 3.02. The third kappa shape index (κ3) is 2.43. The highest BCUT2D eigenvalue weighted by molar-refractivity contribution is 7.20. The lowest BCUT2D eigenvalue weighted by Crippen LogP contribution is -2.00. The van der Waals surface area contributed by atoms with E-state index in [9.17, 15) is 4.79 Å². The van der Waals surface area contributed by atoms with Gasteiger partial charge in [-0.15, -0.1) is 11.3 Å². The van der Waals surface area contributed by atoms with E-state index >= 15 is 0 Å². The highest BCUT2D eigenvalue weighted by Crippen LogP contribution is 2.34. The van der Waals surface area contributed by atoms with Gasteiger partial charge < -0.3 is 10.1 Å². The van der Waals surface area contributed by atoms with E-state index in [1.54, 1.807) is 12.4 Å². The number of carbonyl (C=O) groups is 1. The maximum Gasteiger partial charge on any atom is 0.348 e. The molecule has 0 saturated heterocycles. The van der Waals surface area contributed by atoms with Gasteiger partial charge in [0.15, 0.2) is 0 Å². The molecule has 7 heteroatoms. The largest absolute Gasteiger partial charge is 0.465 e. The van der Waals surface area contributed by atoms with Gasteiger partial charge in [0.25, 0.3) is 0 Å². The number of esters is 1. The molecule has 106 valence electrons. The molecule has 0 spiro atoms. The van der Waals surface area contributed by atoms with Gasteiger partial charge >= 0.3 is 5.97 Å². The topological polar surface area (TPSA) is 77.0 Å². The van der Waals surface area contributed by atoms with Crippen molar-refractivity contribution in [3.63, 3.8) is 0 Å². The fourth-order valence-corrected chi connectivity index (χ4v) is 3.09. The van der Waals surface area contributed by atoms with Crippen LogP contribution in [-0.4, -0.2) is 28.0 Å². The van der Waals surface area contributed by atoms with Crippen LogP contribution in [0, 0.1) is 6.92 Å². The predicted molar refractivity (Wildman–Crippen MR) is 81.0 cm³/mol. The average molecular weight is 300 g/mol. The van der Waals surface area contributed by atoms with Crippen LogP contribution in [0.3, 0.4) is 0 Å². The van der Waals surface area contributed by atoms with Crippen molar-refractivity contribution >= 4 is 39.0 Å². The van der Waals surface area contributed by atoms with Crippen molar-refractivity contribution in [2.45, 2.75) is 6.92 Å². The number of aryl methyl sites for hydroxylation is 1. The first-order chi connectivity index (χ1) is 10.2. The summed E-state index contributed by atoms with van der Waals surface area (Å²) in [4.78, 5) is 25.6. The van der Waals surface area contributed by atoms with Crippen molar-refractivity contribution in [1.82, 2.24) is 15.0 Å². The van der Waals surface area contributed by atoms with E-state index < -0.39 is 0 Å². The Kier molecular flexibility index (Phi) is 3.49. The standard InChI is InChI=1S/C14H12N4O2S/c1-8-10-12(18-9-4-3-5-15-6-9)16-7-17-13(10)21-11(8)14(19)20-2/h3-7H,1-2H3,(H,16,17,18). The summed E-state index contributed by atoms with van der Waals surface area (Å²) in [5, 5.41) is 4.02. The molecule has 0 bridgehead atoms. The molecule has 0 atom stereocenters. The molecule has 3 rings (SSSR count). The molecule has 21 heavy (non-hydrogen) atoms. The summed E-state index contributed by atoms with van der Waals surface area (Å²) in [6, 6.07) is 3.73. The zero-order chi connectivity index (χ0) is 14.8. The van der Waals surface area contributed by atoms with Crippen LogP contribution in [0.15, 0.2) is 30.9 Å². The third-order valence-corrected chi connectivity index (χ3v) is 4.20. The first-order valence-electron chi connectivity index (χ1n) is 6.20. The molecule has 0 unspecified atom stereocenters. The van der Waals surface area contributed by atoms with Gasteiger partial charge in [0.1, 0.15) is 21.9 Å². The van der Waals surface area contributed by atoms with Crippen LogP contribution in [-0.2, 0) is 4.74 Å². The second-order valence-corrected chi connectivity index (χ2v) is 5.32. The van der Waals surface area contributed by atoms with Crippen molar-refractivity contribution in [3.8, 4) is 0 Å². The second kappa shape index (κ2) is 5.45. The second-order valence-electron chi connectivity index (χ2n) is 4.32. The Morgan fingerprint density at radius 3 is 2.95 bits per heavy atom. The van der Waals surface area contributed by atoms with E-state index in [2.05, 4.69) is 20.3 Å². The average Bonchev–Trinajstić information content (AvgIpc) is 2.86. The molecular weight excluding hydrogens is 288 g/mol. The summed E-state index contributed by atoms with van der Waals surface area (Å²) >= 11 is 1.30. The fourth-order valence-electron chi connectivity index (χ4n) is 2.03. The van der Waals surface area contributed by atoms with Crippen molar-refractivity contribution in [1.29, 1.82) is 0 Å². The molecule has 0 amide bonds. The normalized spacial score (nSPS) is 10.6. The Hall–Kier alpha value is -2.54. The van der Waals surface area contributed by atoms with Crippen molar-refractivity contribution < 1.29 is 9.53 Å². The summed E-state index contributed by atoms with van der Waals surface area (Å²) in [7, 11) is 1.37. The van der Waals surface area contributed by atoms with Crippen molar-refractivity contribution in [3.05, 3.63) is 41.3 Å². The van der Waals surface area contributed by atoms with Gasteiger partial charge in [0.2, 0.25) is 0 Å². The summed E-state index contributed by atoms with van der Waals surface area (Å²) in [6.07, 6.45) is 4.88. The number of ether oxygens (including phenoxy) is 1. The molecule has 0 aromatic carbocycles. The van der Waals surface area contributed by atoms with Crippen molar-refractivity contribution in [2.75, 3.05) is 12.4 Å². The number of nitrogens with zero attached hydrogens (tertiary/aromatic N) is 3. The molecule has 3 aromatic rings. The Balaban J connectivity index is 2.11. The molecule has 1 N–H and O–H groups in total. The first-order valence-corrected chi connectivity index (χ1v) is 7.02. The Morgan fingerprint density at radius 2 is 2.24 bits per heavy atom. The highest BCUT2D eigenvalue weighted by Gasteiger charge is 2.19. The van der Waals surface area contributed by atoms with Crippen LogP contribution in [0.4, 0.5) is 11.5 Å². The maximum atomic E-state index is 11.8. The van der Waals surface area contributed by atoms with E-state index in [1.165, 1.54) is 24.8 Å². The van der Waals surface area contributed by atoms with Gasteiger partial charge in [0.05, 0.1) is 24.4 Å². The molecule has 0 fully saturated rings. The van der Waals surface area contributed by atoms with E-state index in [0.717, 1.165) is 21.5 Å². The Morgan fingerprint density at radius 1 is 1.38 bits per heavy atom. The van der Waals surface area contributed by atoms with Crippen LogP contribution >= 0.6 is 11.3 Å². The monoisotopic (exact) mass is 300 g/mol. The molecule has 0 aliphatic heterocycles. The summed E-state index contributed by atoms with van der Waals surface area (Å²) in [6.45, 7) is 1.86. The van der Waals surface area contributed by atoms with Gasteiger partial charge in [-0.3, -0.25) is 4.98 Å². The number of anilines is 2. The smallest absolute Gasteiger partial charge is 0.348 e. The number of carbonyl (C=O) groups excluding carboxylic acids is 1. The van der Waals surface area contributed by atoms with E-state index in [1.807, 2.05) is 19.1 Å². The highest BCUT2D eigenvalue weighted by atomic mass is 32.1. The zero-order valence-electron chi connectivity index (χ0n) is 11.5. The number of hydrogen-bond donors (Lipinski definition) is 1. The number of nitrogens with one attached hydrogen (secondary N) is 1. The predicted octanol–water partition coefficient (Wildman–Crippen LogP) is 2.92. The van der Waals surface area contributed by atoms with Crippen LogP contribution in [0.5, 0.6) is 0 Å². The molecule has 0 radical (unpaired) electrons. The number of thiophene rings is 1. The summed E-state index contributed by atoms with van der Waals surface area (Å²) in [5.74, 6) is 0.291. The maximum absolute atomic E-state index is 11.8. The molecular formula is C14H12N4O2S. The number of hydrogen-bond acceptors (Lipinski definition) is 7. The first kappa shape index (κ1) is 13.4. The zero-order valence-corrected chi connectivity index (χ0v) is 12.3. The van der Waals surface area contributed by atoms with E-state index in [0.29, 0.717) is 10.7 Å². The molecule has 0 saturated carbocycles. The van der Waals surface area contributed by atoms with Gasteiger partial charge in [-0.2, -0.15) is 0 Å². The van der Waals surface area contributed by atoms with Crippen molar-refractivity contribution in [2.24, 2.45) is 0 Å². The number of aromatic nitrogens is 3.